The first-order valence-corrected chi connectivity index (χ1v) is 9.54. The Hall–Kier alpha value is -1.21. The predicted molar refractivity (Wildman–Crippen MR) is 90.0 cm³/mol. The maximum atomic E-state index is 12.3. The first-order valence-electron chi connectivity index (χ1n) is 6.10. The molecular weight excluding hydrogens is 440 g/mol. The Bertz CT molecular complexity index is 849. The zero-order chi connectivity index (χ0) is 16.3. The van der Waals surface area contributed by atoms with Crippen LogP contribution in [0.4, 0.5) is 5.69 Å². The van der Waals surface area contributed by atoms with Crippen molar-refractivity contribution in [2.24, 2.45) is 0 Å². The number of alkyl halides is 2. The summed E-state index contributed by atoms with van der Waals surface area (Å²) in [6.45, 7) is -0.0278. The van der Waals surface area contributed by atoms with Gasteiger partial charge in [-0.05, 0) is 12.1 Å². The number of fused-ring (bicyclic) bond motifs is 1. The van der Waals surface area contributed by atoms with Crippen LogP contribution in [0, 0.1) is 5.39 Å². The van der Waals surface area contributed by atoms with Crippen LogP contribution in [-0.4, -0.2) is 30.3 Å². The number of hydrogen-bond donors (Lipinski definition) is 1. The first kappa shape index (κ1) is 17.1. The molecule has 9 heteroatoms. The number of nitrogens with zero attached hydrogens (tertiary/aromatic N) is 2. The summed E-state index contributed by atoms with van der Waals surface area (Å²) in [4.78, 5) is 2.74. The van der Waals surface area contributed by atoms with Crippen LogP contribution in [0.25, 0.3) is 15.7 Å². The molecule has 0 bridgehead atoms. The summed E-state index contributed by atoms with van der Waals surface area (Å²) in [6.07, 6.45) is 0. The normalized spacial score (nSPS) is 13.0. The van der Waals surface area contributed by atoms with Crippen molar-refractivity contribution in [2.45, 2.75) is 9.72 Å². The van der Waals surface area contributed by atoms with Crippen LogP contribution in [0.15, 0.2) is 35.2 Å². The lowest BCUT2D eigenvalue weighted by Gasteiger charge is -2.10. The average Bonchev–Trinajstić information content (AvgIpc) is 2.52. The van der Waals surface area contributed by atoms with Gasteiger partial charge in [-0.1, -0.05) is 44.0 Å². The number of phenolic OH excluding ortho intramolecular Hbond substituents is 1. The minimum Gasteiger partial charge on any atom is -0.501 e. The molecule has 1 N–H and O–H groups in total. The number of benzene rings is 2. The Labute approximate surface area is 144 Å². The molecule has 0 radical (unpaired) electrons. The summed E-state index contributed by atoms with van der Waals surface area (Å²) in [7, 11) is -3.98. The van der Waals surface area contributed by atoms with E-state index in [2.05, 4.69) is 36.8 Å². The molecule has 6 nitrogen and oxygen atoms in total. The summed E-state index contributed by atoms with van der Waals surface area (Å²) in [5.41, 5.74) is -0.0391. The zero-order valence-corrected chi connectivity index (χ0v) is 15.1. The van der Waals surface area contributed by atoms with Gasteiger partial charge >= 0.3 is 5.69 Å². The van der Waals surface area contributed by atoms with E-state index in [9.17, 15) is 13.5 Å². The molecule has 1 unspecified atom stereocenters. The van der Waals surface area contributed by atoms with Gasteiger partial charge in [0.15, 0.2) is 4.98 Å². The van der Waals surface area contributed by atoms with Crippen LogP contribution < -0.4 is 0 Å². The molecule has 2 rings (SSSR count). The topological polar surface area (TPSA) is 91.8 Å². The second kappa shape index (κ2) is 6.91. The second-order valence-corrected chi connectivity index (χ2v) is 7.90. The van der Waals surface area contributed by atoms with Crippen molar-refractivity contribution in [2.75, 3.05) is 11.9 Å². The number of aromatic hydroxyl groups is 1. The van der Waals surface area contributed by atoms with Crippen molar-refractivity contribution >= 4 is 58.4 Å². The fraction of sp³-hybridized carbons (Fsp3) is 0.231. The smallest absolute Gasteiger partial charge is 0.426 e. The van der Waals surface area contributed by atoms with Crippen LogP contribution in [0.1, 0.15) is 0 Å². The molecule has 1 atom stereocenters. The highest BCUT2D eigenvalue weighted by atomic mass is 79.9. The van der Waals surface area contributed by atoms with E-state index in [4.69, 9.17) is 9.58 Å². The van der Waals surface area contributed by atoms with Gasteiger partial charge in [-0.3, -0.25) is 4.18 Å². The van der Waals surface area contributed by atoms with Gasteiger partial charge < -0.3 is 5.11 Å². The van der Waals surface area contributed by atoms with Gasteiger partial charge in [-0.2, -0.15) is 8.42 Å². The van der Waals surface area contributed by atoms with Gasteiger partial charge in [0, 0.05) is 27.0 Å². The highest BCUT2D eigenvalue weighted by Gasteiger charge is 2.23. The van der Waals surface area contributed by atoms with Gasteiger partial charge in [0.25, 0.3) is 10.1 Å². The van der Waals surface area contributed by atoms with E-state index < -0.39 is 10.1 Å². The minimum absolute atomic E-state index is 0.0278. The molecule has 0 aliphatic rings. The van der Waals surface area contributed by atoms with Crippen molar-refractivity contribution < 1.29 is 17.7 Å². The average molecular weight is 451 g/mol. The van der Waals surface area contributed by atoms with Crippen LogP contribution in [0.2, 0.25) is 0 Å². The molecule has 2 aromatic rings. The minimum atomic E-state index is -3.98. The van der Waals surface area contributed by atoms with Gasteiger partial charge in [-0.25, -0.2) is 0 Å². The monoisotopic (exact) mass is 449 g/mol. The molecular formula is C13H11Br2N2O4S+. The van der Waals surface area contributed by atoms with Crippen molar-refractivity contribution in [3.05, 3.63) is 35.3 Å². The van der Waals surface area contributed by atoms with Crippen LogP contribution >= 0.6 is 31.9 Å². The fourth-order valence-corrected chi connectivity index (χ4v) is 3.53. The van der Waals surface area contributed by atoms with Gasteiger partial charge in [0.05, 0.1) is 6.61 Å². The summed E-state index contributed by atoms with van der Waals surface area (Å²) >= 11 is 6.48. The molecule has 2 aromatic carbocycles. The van der Waals surface area contributed by atoms with E-state index in [1.165, 1.54) is 30.3 Å². The number of rotatable bonds is 5. The van der Waals surface area contributed by atoms with Crippen LogP contribution in [-0.2, 0) is 14.3 Å². The van der Waals surface area contributed by atoms with E-state index in [0.717, 1.165) is 0 Å². The number of hydrogen-bond acceptors (Lipinski definition) is 5. The molecule has 0 saturated heterocycles. The molecule has 0 aromatic heterocycles. The third kappa shape index (κ3) is 3.41. The lowest BCUT2D eigenvalue weighted by Crippen LogP contribution is -2.15. The Morgan fingerprint density at radius 2 is 2.00 bits per heavy atom. The molecule has 116 valence electrons. The summed E-state index contributed by atoms with van der Waals surface area (Å²) in [5, 5.41) is 19.9. The van der Waals surface area contributed by atoms with Gasteiger partial charge in [0.1, 0.15) is 4.90 Å². The van der Waals surface area contributed by atoms with Gasteiger partial charge in [-0.15, -0.1) is 0 Å². The lowest BCUT2D eigenvalue weighted by molar-refractivity contribution is 0.325. The Morgan fingerprint density at radius 3 is 2.64 bits per heavy atom. The number of diazo groups is 1. The van der Waals surface area contributed by atoms with Crippen molar-refractivity contribution in [3.63, 3.8) is 0 Å². The standard InChI is InChI=1S/C13H10Br2N2O4S/c14-6-8(15)7-21-22(19,20)12-3-1-2-10-9(12)4-5-11(17-16)13(10)18/h1-5,8H,6-7H2/p+1. The van der Waals surface area contributed by atoms with E-state index in [1.54, 1.807) is 0 Å². The third-order valence-electron chi connectivity index (χ3n) is 2.92. The van der Waals surface area contributed by atoms with Crippen molar-refractivity contribution in [1.29, 1.82) is 5.39 Å². The molecule has 0 fully saturated rings. The van der Waals surface area contributed by atoms with E-state index in [0.29, 0.717) is 5.33 Å². The molecule has 0 heterocycles. The Kier molecular flexibility index (Phi) is 5.39. The maximum absolute atomic E-state index is 12.3. The third-order valence-corrected chi connectivity index (χ3v) is 6.50. The first-order chi connectivity index (χ1) is 10.4. The lowest BCUT2D eigenvalue weighted by atomic mass is 10.1. The van der Waals surface area contributed by atoms with E-state index >= 15 is 0 Å². The van der Waals surface area contributed by atoms with Crippen molar-refractivity contribution in [3.8, 4) is 5.75 Å². The molecule has 0 spiro atoms. The highest BCUT2D eigenvalue weighted by molar-refractivity contribution is 9.12. The zero-order valence-electron chi connectivity index (χ0n) is 11.1. The number of halogens is 2. The molecule has 0 aliphatic heterocycles. The Morgan fingerprint density at radius 1 is 1.27 bits per heavy atom. The van der Waals surface area contributed by atoms with E-state index in [-0.39, 0.29) is 38.5 Å². The summed E-state index contributed by atoms with van der Waals surface area (Å²) in [5.74, 6) is -0.295. The molecule has 22 heavy (non-hydrogen) atoms. The van der Waals surface area contributed by atoms with E-state index in [1.807, 2.05) is 0 Å². The maximum Gasteiger partial charge on any atom is 0.426 e. The van der Waals surface area contributed by atoms with Crippen LogP contribution in [0.5, 0.6) is 5.75 Å². The fourth-order valence-electron chi connectivity index (χ4n) is 1.87. The van der Waals surface area contributed by atoms with Crippen molar-refractivity contribution in [1.82, 2.24) is 0 Å². The molecule has 0 saturated carbocycles. The molecule has 0 aliphatic carbocycles. The van der Waals surface area contributed by atoms with Crippen LogP contribution in [0.3, 0.4) is 0 Å². The quantitative estimate of drug-likeness (QED) is 0.423. The largest absolute Gasteiger partial charge is 0.501 e. The SMILES string of the molecule is N#[N+]c1ccc2c(S(=O)(=O)OCC(Br)CBr)cccc2c1O. The summed E-state index contributed by atoms with van der Waals surface area (Å²) < 4.78 is 29.7. The highest BCUT2D eigenvalue weighted by Crippen LogP contribution is 2.37. The summed E-state index contributed by atoms with van der Waals surface area (Å²) in [6, 6.07) is 7.18. The second-order valence-electron chi connectivity index (χ2n) is 4.37. The predicted octanol–water partition coefficient (Wildman–Crippen LogP) is 3.89. The number of phenols is 1. The van der Waals surface area contributed by atoms with Gasteiger partial charge in [0.2, 0.25) is 11.1 Å². The Balaban J connectivity index is 2.53. The molecule has 0 amide bonds.